The van der Waals surface area contributed by atoms with Crippen LogP contribution < -0.4 is 5.32 Å². The molecule has 0 radical (unpaired) electrons. The van der Waals surface area contributed by atoms with E-state index in [0.29, 0.717) is 23.9 Å². The third-order valence-electron chi connectivity index (χ3n) is 1.59. The molecule has 14 heavy (non-hydrogen) atoms. The van der Waals surface area contributed by atoms with E-state index in [2.05, 4.69) is 15.3 Å². The van der Waals surface area contributed by atoms with Gasteiger partial charge in [0.2, 0.25) is 6.41 Å². The van der Waals surface area contributed by atoms with Crippen LogP contribution in [0, 0.1) is 0 Å². The lowest BCUT2D eigenvalue weighted by atomic mass is 10.4. The van der Waals surface area contributed by atoms with Gasteiger partial charge < -0.3 is 4.42 Å². The minimum absolute atomic E-state index is 0.377. The lowest BCUT2D eigenvalue weighted by Crippen LogP contribution is -1.90. The van der Waals surface area contributed by atoms with Crippen molar-refractivity contribution in [2.24, 2.45) is 0 Å². The number of amides is 1. The molecule has 0 bridgehead atoms. The molecule has 2 aromatic heterocycles. The maximum absolute atomic E-state index is 10.1. The van der Waals surface area contributed by atoms with Gasteiger partial charge in [-0.3, -0.25) is 10.1 Å². The largest absolute Gasteiger partial charge is 0.437 e. The molecule has 0 saturated carbocycles. The fourth-order valence-corrected chi connectivity index (χ4v) is 1.02. The van der Waals surface area contributed by atoms with Gasteiger partial charge >= 0.3 is 0 Å². The summed E-state index contributed by atoms with van der Waals surface area (Å²) in [5.74, 6) is 1.39. The van der Waals surface area contributed by atoms with Crippen molar-refractivity contribution in [2.75, 3.05) is 5.32 Å². The molecule has 0 fully saturated rings. The zero-order valence-corrected chi connectivity index (χ0v) is 7.18. The number of anilines is 1. The first kappa shape index (κ1) is 8.43. The molecule has 2 aromatic rings. The zero-order chi connectivity index (χ0) is 9.80. The lowest BCUT2D eigenvalue weighted by Gasteiger charge is -1.93. The second kappa shape index (κ2) is 3.69. The Morgan fingerprint density at radius 2 is 2.07 bits per heavy atom. The number of nitrogens with one attached hydrogen (secondary N) is 1. The van der Waals surface area contributed by atoms with Gasteiger partial charge in [-0.25, -0.2) is 9.97 Å². The summed E-state index contributed by atoms with van der Waals surface area (Å²) in [5.41, 5.74) is 0. The normalized spacial score (nSPS) is 9.71. The van der Waals surface area contributed by atoms with E-state index in [-0.39, 0.29) is 0 Å². The summed E-state index contributed by atoms with van der Waals surface area (Å²) in [5, 5.41) is 2.39. The minimum Gasteiger partial charge on any atom is -0.437 e. The molecule has 0 atom stereocenters. The average molecular weight is 189 g/mol. The van der Waals surface area contributed by atoms with Crippen LogP contribution in [0.3, 0.4) is 0 Å². The van der Waals surface area contributed by atoms with Crippen LogP contribution in [0.4, 0.5) is 5.88 Å². The van der Waals surface area contributed by atoms with Gasteiger partial charge in [0.05, 0.1) is 0 Å². The predicted molar refractivity (Wildman–Crippen MR) is 49.4 cm³/mol. The molecule has 5 nitrogen and oxygen atoms in total. The highest BCUT2D eigenvalue weighted by Gasteiger charge is 2.05. The summed E-state index contributed by atoms with van der Waals surface area (Å²) in [4.78, 5) is 18.1. The second-order valence-electron chi connectivity index (χ2n) is 2.50. The Morgan fingerprint density at radius 3 is 2.79 bits per heavy atom. The van der Waals surface area contributed by atoms with Crippen molar-refractivity contribution >= 4 is 12.3 Å². The van der Waals surface area contributed by atoms with Gasteiger partial charge in [-0.2, -0.15) is 0 Å². The monoisotopic (exact) mass is 189 g/mol. The molecule has 70 valence electrons. The molecule has 2 heterocycles. The first-order valence-corrected chi connectivity index (χ1v) is 3.97. The van der Waals surface area contributed by atoms with Gasteiger partial charge in [0.1, 0.15) is 0 Å². The Morgan fingerprint density at radius 1 is 1.29 bits per heavy atom. The van der Waals surface area contributed by atoms with E-state index in [0.717, 1.165) is 0 Å². The van der Waals surface area contributed by atoms with Gasteiger partial charge in [0.15, 0.2) is 17.5 Å². The molecule has 1 amide bonds. The Hall–Kier alpha value is -2.17. The number of carbonyl (C=O) groups is 1. The van der Waals surface area contributed by atoms with Gasteiger partial charge in [-0.15, -0.1) is 0 Å². The number of hydrogen-bond donors (Lipinski definition) is 1. The zero-order valence-electron chi connectivity index (χ0n) is 7.18. The van der Waals surface area contributed by atoms with Crippen LogP contribution in [0.2, 0.25) is 0 Å². The van der Waals surface area contributed by atoms with Crippen LogP contribution in [0.25, 0.3) is 11.6 Å². The number of rotatable bonds is 3. The van der Waals surface area contributed by atoms with Crippen molar-refractivity contribution in [3.8, 4) is 11.6 Å². The van der Waals surface area contributed by atoms with Gasteiger partial charge in [-0.05, 0) is 12.1 Å². The Bertz CT molecular complexity index is 425. The Labute approximate surface area is 79.8 Å². The summed E-state index contributed by atoms with van der Waals surface area (Å²) < 4.78 is 5.24. The fraction of sp³-hybridized carbons (Fsp3) is 0. The van der Waals surface area contributed by atoms with E-state index in [9.17, 15) is 4.79 Å². The summed E-state index contributed by atoms with van der Waals surface area (Å²) in [6.07, 6.45) is 3.80. The average Bonchev–Trinajstić information content (AvgIpc) is 2.68. The molecule has 2 rings (SSSR count). The van der Waals surface area contributed by atoms with Gasteiger partial charge in [0.25, 0.3) is 0 Å². The van der Waals surface area contributed by atoms with Crippen LogP contribution in [-0.4, -0.2) is 16.4 Å². The first-order valence-electron chi connectivity index (χ1n) is 3.97. The fourth-order valence-electron chi connectivity index (χ4n) is 1.02. The third kappa shape index (κ3) is 1.61. The number of aromatic nitrogens is 2. The Kier molecular flexibility index (Phi) is 2.22. The van der Waals surface area contributed by atoms with E-state index in [1.807, 2.05) is 0 Å². The molecule has 0 unspecified atom stereocenters. The van der Waals surface area contributed by atoms with E-state index in [4.69, 9.17) is 4.42 Å². The molecule has 1 N–H and O–H groups in total. The van der Waals surface area contributed by atoms with Crippen LogP contribution in [0.1, 0.15) is 0 Å². The quantitative estimate of drug-likeness (QED) is 0.739. The number of hydrogen-bond acceptors (Lipinski definition) is 4. The maximum atomic E-state index is 10.1. The second-order valence-corrected chi connectivity index (χ2v) is 2.50. The number of nitrogens with zero attached hydrogens (tertiary/aromatic N) is 2. The highest BCUT2D eigenvalue weighted by Crippen LogP contribution is 2.20. The SMILES string of the molecule is O=CNc1ccc(-c2ncccn2)o1. The molecule has 5 heteroatoms. The molecular weight excluding hydrogens is 182 g/mol. The van der Waals surface area contributed by atoms with Crippen molar-refractivity contribution in [3.63, 3.8) is 0 Å². The van der Waals surface area contributed by atoms with Crippen molar-refractivity contribution < 1.29 is 9.21 Å². The van der Waals surface area contributed by atoms with E-state index >= 15 is 0 Å². The van der Waals surface area contributed by atoms with Crippen LogP contribution in [0.15, 0.2) is 35.0 Å². The molecule has 0 aliphatic heterocycles. The van der Waals surface area contributed by atoms with Crippen LogP contribution in [0.5, 0.6) is 0 Å². The van der Waals surface area contributed by atoms with Crippen molar-refractivity contribution in [3.05, 3.63) is 30.6 Å². The minimum atomic E-state index is 0.377. The molecule has 0 aliphatic carbocycles. The van der Waals surface area contributed by atoms with Crippen molar-refractivity contribution in [2.45, 2.75) is 0 Å². The first-order chi connectivity index (χ1) is 6.90. The van der Waals surface area contributed by atoms with Gasteiger partial charge in [-0.1, -0.05) is 0 Å². The number of carbonyl (C=O) groups excluding carboxylic acids is 1. The highest BCUT2D eigenvalue weighted by molar-refractivity contribution is 5.69. The standard InChI is InChI=1S/C9H7N3O2/c13-6-12-8-3-2-7(14-8)9-10-4-1-5-11-9/h1-6H,(H,12,13). The van der Waals surface area contributed by atoms with Crippen molar-refractivity contribution in [1.29, 1.82) is 0 Å². The van der Waals surface area contributed by atoms with E-state index < -0.39 is 0 Å². The molecule has 0 aromatic carbocycles. The highest BCUT2D eigenvalue weighted by atomic mass is 16.4. The summed E-state index contributed by atoms with van der Waals surface area (Å²) in [7, 11) is 0. The molecule has 0 spiro atoms. The lowest BCUT2D eigenvalue weighted by molar-refractivity contribution is -0.105. The summed E-state index contributed by atoms with van der Waals surface area (Å²) in [6, 6.07) is 5.05. The van der Waals surface area contributed by atoms with Crippen LogP contribution >= 0.6 is 0 Å². The summed E-state index contributed by atoms with van der Waals surface area (Å²) in [6.45, 7) is 0. The topological polar surface area (TPSA) is 68.0 Å². The molecular formula is C9H7N3O2. The van der Waals surface area contributed by atoms with Crippen molar-refractivity contribution in [1.82, 2.24) is 9.97 Å². The summed E-state index contributed by atoms with van der Waals surface area (Å²) >= 11 is 0. The van der Waals surface area contributed by atoms with Crippen LogP contribution in [-0.2, 0) is 4.79 Å². The molecule has 0 aliphatic rings. The third-order valence-corrected chi connectivity index (χ3v) is 1.59. The smallest absolute Gasteiger partial charge is 0.213 e. The maximum Gasteiger partial charge on any atom is 0.213 e. The predicted octanol–water partition coefficient (Wildman–Crippen LogP) is 1.30. The number of furan rings is 1. The van der Waals surface area contributed by atoms with E-state index in [1.165, 1.54) is 0 Å². The van der Waals surface area contributed by atoms with E-state index in [1.54, 1.807) is 30.6 Å². The Balaban J connectivity index is 2.29. The molecule has 0 saturated heterocycles. The van der Waals surface area contributed by atoms with Gasteiger partial charge in [0, 0.05) is 18.5 Å².